The molecule has 0 saturated heterocycles. The molecule has 0 N–H and O–H groups in total. The molecule has 0 fully saturated rings. The van der Waals surface area contributed by atoms with Gasteiger partial charge >= 0.3 is 5.20 Å². The zero-order chi connectivity index (χ0) is 29.4. The van der Waals surface area contributed by atoms with E-state index in [0.29, 0.717) is 0 Å². The minimum absolute atomic E-state index is 0.0180. The smallest absolute Gasteiger partial charge is 0.339 e. The number of carbonyl (C=O) groups is 2. The van der Waals surface area contributed by atoms with Crippen molar-refractivity contribution in [2.75, 3.05) is 25.9 Å². The van der Waals surface area contributed by atoms with Crippen molar-refractivity contribution in [3.05, 3.63) is 71.5 Å². The fourth-order valence-corrected chi connectivity index (χ4v) is 5.22. The van der Waals surface area contributed by atoms with E-state index in [9.17, 15) is 14.2 Å². The highest BCUT2D eigenvalue weighted by Crippen LogP contribution is 2.61. The Bertz CT molecular complexity index is 1520. The topological polar surface area (TPSA) is 64.3 Å². The first-order chi connectivity index (χ1) is 18.9. The zero-order valence-electron chi connectivity index (χ0n) is 22.3. The summed E-state index contributed by atoms with van der Waals surface area (Å²) in [6, 6.07) is 15.0. The van der Waals surface area contributed by atoms with Crippen LogP contribution in [0.15, 0.2) is 54.9 Å². The van der Waals surface area contributed by atoms with Gasteiger partial charge in [-0.1, -0.05) is 36.4 Å². The standard InChI is InChI=1S/C13H12ClNO.C11H11N.C4H8ClNO.Cl3OP/c14-7-12(16)11-8-15-6-2-4-9-3-1-5-10(11)13(9)15;1-3-9-5-2-7-12-8-6-10(4-1)11(9)12;1-6(2)4(7)3-5;1-5(2,3)4/h1,3,5,8H,2,4,6-7H2;1,3-4,6,8H,2,5,7H2;3H2,1-2H3;. The number of aromatic nitrogens is 2. The molecule has 0 aliphatic carbocycles. The van der Waals surface area contributed by atoms with E-state index in [1.807, 2.05) is 18.3 Å². The Labute approximate surface area is 258 Å². The van der Waals surface area contributed by atoms with Crippen LogP contribution in [0.2, 0.25) is 0 Å². The minimum Gasteiger partial charge on any atom is -0.348 e. The summed E-state index contributed by atoms with van der Waals surface area (Å²) < 4.78 is 14.1. The second-order valence-corrected chi connectivity index (χ2v) is 16.7. The van der Waals surface area contributed by atoms with Crippen molar-refractivity contribution in [1.29, 1.82) is 0 Å². The molecule has 1 amide bonds. The highest BCUT2D eigenvalue weighted by molar-refractivity contribution is 8.24. The Morgan fingerprint density at radius 1 is 0.850 bits per heavy atom. The van der Waals surface area contributed by atoms with Crippen molar-refractivity contribution in [3.8, 4) is 0 Å². The van der Waals surface area contributed by atoms with Gasteiger partial charge in [0.2, 0.25) is 5.91 Å². The van der Waals surface area contributed by atoms with Crippen LogP contribution in [0.5, 0.6) is 0 Å². The minimum atomic E-state index is -3.22. The Balaban J connectivity index is 0.000000162. The number of aryl methyl sites for hydroxylation is 4. The van der Waals surface area contributed by atoms with Crippen molar-refractivity contribution >= 4 is 95.6 Å². The molecule has 6 nitrogen and oxygen atoms in total. The number of rotatable bonds is 3. The normalized spacial score (nSPS) is 13.3. The Hall–Kier alpha value is -1.66. The molecule has 216 valence electrons. The number of para-hydroxylation sites is 2. The third-order valence-corrected chi connectivity index (χ3v) is 7.05. The summed E-state index contributed by atoms with van der Waals surface area (Å²) in [6.07, 6.45) is 8.96. The van der Waals surface area contributed by atoms with E-state index in [4.69, 9.17) is 23.2 Å². The molecule has 2 aliphatic rings. The predicted molar refractivity (Wildman–Crippen MR) is 170 cm³/mol. The summed E-state index contributed by atoms with van der Waals surface area (Å²) in [5, 5.41) is -0.768. The number of hydrogen-bond donors (Lipinski definition) is 0. The molecule has 0 unspecified atom stereocenters. The van der Waals surface area contributed by atoms with Crippen molar-refractivity contribution in [2.24, 2.45) is 0 Å². The number of hydrogen-bond acceptors (Lipinski definition) is 3. The van der Waals surface area contributed by atoms with Gasteiger partial charge in [-0.05, 0) is 82.0 Å². The summed E-state index contributed by atoms with van der Waals surface area (Å²) in [5.41, 5.74) is 6.32. The third kappa shape index (κ3) is 8.92. The van der Waals surface area contributed by atoms with Gasteiger partial charge in [-0.3, -0.25) is 14.2 Å². The summed E-state index contributed by atoms with van der Waals surface area (Å²) in [4.78, 5) is 23.5. The Morgan fingerprint density at radius 2 is 1.43 bits per heavy atom. The van der Waals surface area contributed by atoms with Crippen molar-refractivity contribution in [1.82, 2.24) is 14.0 Å². The average Bonchev–Trinajstić information content (AvgIpc) is 3.52. The van der Waals surface area contributed by atoms with E-state index in [1.165, 1.54) is 51.8 Å². The highest BCUT2D eigenvalue weighted by atomic mass is 36.0. The second-order valence-electron chi connectivity index (χ2n) is 9.50. The number of Topliss-reactive ketones (excluding diaryl/α,β-unsaturated/α-hetero) is 1. The predicted octanol–water partition coefficient (Wildman–Crippen LogP) is 8.72. The maximum absolute atomic E-state index is 11.7. The lowest BCUT2D eigenvalue weighted by Crippen LogP contribution is -2.22. The fourth-order valence-electron chi connectivity index (χ4n) is 4.84. The molecule has 4 heterocycles. The first-order valence-corrected chi connectivity index (χ1v) is 18.2. The molecule has 6 rings (SSSR count). The second kappa shape index (κ2) is 15.0. The first-order valence-electron chi connectivity index (χ1n) is 12.7. The maximum Gasteiger partial charge on any atom is 0.339 e. The van der Waals surface area contributed by atoms with Gasteiger partial charge in [0, 0.05) is 50.5 Å². The monoisotopic (exact) mass is 663 g/mol. The van der Waals surface area contributed by atoms with Crippen LogP contribution in [0.4, 0.5) is 0 Å². The van der Waals surface area contributed by atoms with E-state index < -0.39 is 5.20 Å². The van der Waals surface area contributed by atoms with Gasteiger partial charge in [-0.2, -0.15) is 0 Å². The van der Waals surface area contributed by atoms with E-state index in [0.717, 1.165) is 30.3 Å². The van der Waals surface area contributed by atoms with Crippen LogP contribution in [0.1, 0.15) is 34.3 Å². The molecule has 0 saturated carbocycles. The third-order valence-electron chi connectivity index (χ3n) is 6.58. The van der Waals surface area contributed by atoms with Crippen LogP contribution in [0, 0.1) is 0 Å². The maximum atomic E-state index is 11.7. The van der Waals surface area contributed by atoms with Crippen LogP contribution in [-0.4, -0.2) is 51.6 Å². The number of amides is 1. The van der Waals surface area contributed by atoms with Crippen LogP contribution in [0.25, 0.3) is 21.8 Å². The molecule has 40 heavy (non-hydrogen) atoms. The van der Waals surface area contributed by atoms with Gasteiger partial charge < -0.3 is 14.0 Å². The van der Waals surface area contributed by atoms with Crippen LogP contribution < -0.4 is 0 Å². The van der Waals surface area contributed by atoms with Crippen molar-refractivity contribution < 1.29 is 14.2 Å². The number of halogens is 5. The van der Waals surface area contributed by atoms with E-state index in [1.54, 1.807) is 14.1 Å². The van der Waals surface area contributed by atoms with Gasteiger partial charge in [0.25, 0.3) is 0 Å². The van der Waals surface area contributed by atoms with E-state index in [2.05, 4.69) is 79.4 Å². The van der Waals surface area contributed by atoms with E-state index >= 15 is 0 Å². The average molecular weight is 666 g/mol. The number of alkyl halides is 2. The largest absolute Gasteiger partial charge is 0.348 e. The van der Waals surface area contributed by atoms with Gasteiger partial charge in [0.05, 0.1) is 16.9 Å². The highest BCUT2D eigenvalue weighted by Gasteiger charge is 2.18. The molecule has 12 heteroatoms. The number of ketones is 1. The lowest BCUT2D eigenvalue weighted by Gasteiger charge is -2.14. The zero-order valence-corrected chi connectivity index (χ0v) is 26.9. The number of carbonyl (C=O) groups excluding carboxylic acids is 2. The first kappa shape index (κ1) is 32.8. The van der Waals surface area contributed by atoms with Crippen molar-refractivity contribution in [3.63, 3.8) is 0 Å². The van der Waals surface area contributed by atoms with Gasteiger partial charge in [-0.25, -0.2) is 0 Å². The van der Waals surface area contributed by atoms with Crippen LogP contribution in [0.3, 0.4) is 0 Å². The van der Waals surface area contributed by atoms with E-state index in [-0.39, 0.29) is 23.5 Å². The molecule has 0 radical (unpaired) electrons. The molecule has 0 spiro atoms. The van der Waals surface area contributed by atoms with Crippen LogP contribution in [-0.2, 0) is 35.3 Å². The molecular weight excluding hydrogens is 635 g/mol. The summed E-state index contributed by atoms with van der Waals surface area (Å²) in [5.74, 6) is 0.0993. The summed E-state index contributed by atoms with van der Waals surface area (Å²) >= 11 is 24.6. The number of nitrogens with zero attached hydrogens (tertiary/aromatic N) is 3. The summed E-state index contributed by atoms with van der Waals surface area (Å²) in [6.45, 7) is 2.20. The number of benzene rings is 2. The summed E-state index contributed by atoms with van der Waals surface area (Å²) in [7, 11) is 3.34. The quantitative estimate of drug-likeness (QED) is 0.125. The van der Waals surface area contributed by atoms with Gasteiger partial charge in [0.15, 0.2) is 5.78 Å². The Morgan fingerprint density at radius 3 is 1.98 bits per heavy atom. The van der Waals surface area contributed by atoms with Gasteiger partial charge in [-0.15, -0.1) is 23.2 Å². The molecule has 4 aromatic rings. The van der Waals surface area contributed by atoms with Gasteiger partial charge in [0.1, 0.15) is 5.88 Å². The lowest BCUT2D eigenvalue weighted by molar-refractivity contribution is -0.126. The molecule has 2 aromatic heterocycles. The molecule has 0 atom stereocenters. The molecule has 2 aliphatic heterocycles. The SMILES string of the molecule is CN(C)C(=O)CCl.O=C(CCl)c1cn2c3c(cccc13)CCC2.O=P(Cl)(Cl)Cl.c1cc2c3c(c1)ccn3CCC2. The lowest BCUT2D eigenvalue weighted by atomic mass is 10.0. The fraction of sp³-hybridized carbons (Fsp3) is 0.357. The van der Waals surface area contributed by atoms with Crippen molar-refractivity contribution in [2.45, 2.75) is 38.8 Å². The molecule has 0 bridgehead atoms. The molecule has 2 aromatic carbocycles. The Kier molecular flexibility index (Phi) is 12.3. The van der Waals surface area contributed by atoms with Crippen LogP contribution >= 0.6 is 62.1 Å². The molecular formula is C28H31Cl5N3O3P.